The Morgan fingerprint density at radius 3 is 2.17 bits per heavy atom. The van der Waals surface area contributed by atoms with Gasteiger partial charge in [-0.05, 0) is 25.0 Å². The zero-order chi connectivity index (χ0) is 16.9. The highest BCUT2D eigenvalue weighted by molar-refractivity contribution is 5.96. The van der Waals surface area contributed by atoms with E-state index in [0.29, 0.717) is 6.42 Å². The van der Waals surface area contributed by atoms with Crippen molar-refractivity contribution in [3.05, 3.63) is 60.2 Å². The van der Waals surface area contributed by atoms with Crippen LogP contribution in [0.25, 0.3) is 11.1 Å². The molecule has 1 heterocycles. The monoisotopic (exact) mass is 324 g/mol. The van der Waals surface area contributed by atoms with Crippen molar-refractivity contribution >= 4 is 5.78 Å². The second-order valence-electron chi connectivity index (χ2n) is 6.78. The van der Waals surface area contributed by atoms with Gasteiger partial charge in [0, 0.05) is 5.56 Å². The van der Waals surface area contributed by atoms with E-state index in [2.05, 4.69) is 26.0 Å². The molecule has 126 valence electrons. The minimum Gasteiger partial charge on any atom is -0.364 e. The van der Waals surface area contributed by atoms with Crippen LogP contribution in [0.4, 0.5) is 0 Å². The maximum Gasteiger partial charge on any atom is 0.168 e. The van der Waals surface area contributed by atoms with Gasteiger partial charge < -0.3 is 9.64 Å². The molecule has 2 aromatic rings. The maximum absolute atomic E-state index is 12.5. The summed E-state index contributed by atoms with van der Waals surface area (Å²) in [7, 11) is 0. The van der Waals surface area contributed by atoms with Crippen LogP contribution in [0, 0.1) is 0 Å². The summed E-state index contributed by atoms with van der Waals surface area (Å²) in [5.41, 5.74) is 3.13. The van der Waals surface area contributed by atoms with Gasteiger partial charge >= 0.3 is 0 Å². The molecule has 2 atom stereocenters. The van der Waals surface area contributed by atoms with Crippen molar-refractivity contribution in [2.45, 2.75) is 32.5 Å². The first-order valence-corrected chi connectivity index (χ1v) is 8.79. The SMILES string of the molecule is C[C@H]1C[NH+](CCC(=O)c2ccc(-c3ccccc3)cc2)C[C@H](C)O1. The molecule has 1 aliphatic rings. The number of hydrogen-bond donors (Lipinski definition) is 1. The van der Waals surface area contributed by atoms with Gasteiger partial charge in [-0.3, -0.25) is 4.79 Å². The lowest BCUT2D eigenvalue weighted by Crippen LogP contribution is -3.15. The quantitative estimate of drug-likeness (QED) is 0.857. The number of ether oxygens (including phenoxy) is 1. The Balaban J connectivity index is 1.57. The normalized spacial score (nSPS) is 23.8. The third kappa shape index (κ3) is 4.31. The Labute approximate surface area is 144 Å². The van der Waals surface area contributed by atoms with Gasteiger partial charge in [0.25, 0.3) is 0 Å². The molecule has 1 aliphatic heterocycles. The molecule has 24 heavy (non-hydrogen) atoms. The summed E-state index contributed by atoms with van der Waals surface area (Å²) in [6.07, 6.45) is 1.16. The first-order chi connectivity index (χ1) is 11.6. The molecule has 0 aromatic heterocycles. The van der Waals surface area contributed by atoms with E-state index in [1.165, 1.54) is 10.5 Å². The lowest BCUT2D eigenvalue weighted by atomic mass is 10.0. The Kier molecular flexibility index (Phi) is 5.44. The van der Waals surface area contributed by atoms with Crippen molar-refractivity contribution in [3.63, 3.8) is 0 Å². The van der Waals surface area contributed by atoms with Crippen LogP contribution >= 0.6 is 0 Å². The molecule has 0 spiro atoms. The van der Waals surface area contributed by atoms with Gasteiger partial charge in [-0.25, -0.2) is 0 Å². The molecule has 1 N–H and O–H groups in total. The van der Waals surface area contributed by atoms with Crippen molar-refractivity contribution in [1.29, 1.82) is 0 Å². The summed E-state index contributed by atoms with van der Waals surface area (Å²) >= 11 is 0. The smallest absolute Gasteiger partial charge is 0.168 e. The second kappa shape index (κ2) is 7.73. The lowest BCUT2D eigenvalue weighted by molar-refractivity contribution is -0.914. The molecule has 0 saturated carbocycles. The van der Waals surface area contributed by atoms with Crippen molar-refractivity contribution in [2.75, 3.05) is 19.6 Å². The number of morpholine rings is 1. The minimum absolute atomic E-state index is 0.230. The van der Waals surface area contributed by atoms with Gasteiger partial charge in [-0.2, -0.15) is 0 Å². The Morgan fingerprint density at radius 2 is 1.54 bits per heavy atom. The van der Waals surface area contributed by atoms with E-state index in [-0.39, 0.29) is 18.0 Å². The summed E-state index contributed by atoms with van der Waals surface area (Å²) in [4.78, 5) is 13.9. The molecule has 0 radical (unpaired) electrons. The topological polar surface area (TPSA) is 30.7 Å². The van der Waals surface area contributed by atoms with Crippen molar-refractivity contribution in [1.82, 2.24) is 0 Å². The predicted molar refractivity (Wildman–Crippen MR) is 96.4 cm³/mol. The van der Waals surface area contributed by atoms with Crippen LogP contribution in [-0.2, 0) is 4.74 Å². The molecule has 2 aromatic carbocycles. The third-order valence-corrected chi connectivity index (χ3v) is 4.64. The highest BCUT2D eigenvalue weighted by Crippen LogP contribution is 2.19. The zero-order valence-corrected chi connectivity index (χ0v) is 14.5. The van der Waals surface area contributed by atoms with Gasteiger partial charge in [0.2, 0.25) is 0 Å². The highest BCUT2D eigenvalue weighted by atomic mass is 16.5. The molecule has 3 heteroatoms. The number of carbonyl (C=O) groups is 1. The van der Waals surface area contributed by atoms with Gasteiger partial charge in [0.1, 0.15) is 25.3 Å². The number of Topliss-reactive ketones (excluding diaryl/α,β-unsaturated/α-hetero) is 1. The van der Waals surface area contributed by atoms with Crippen LogP contribution in [0.15, 0.2) is 54.6 Å². The number of rotatable bonds is 5. The summed E-state index contributed by atoms with van der Waals surface area (Å²) in [6.45, 7) is 7.09. The molecular formula is C21H26NO2+. The summed E-state index contributed by atoms with van der Waals surface area (Å²) in [5.74, 6) is 0.230. The number of nitrogens with one attached hydrogen (secondary N) is 1. The minimum atomic E-state index is 0.230. The van der Waals surface area contributed by atoms with Crippen LogP contribution in [0.3, 0.4) is 0 Å². The fourth-order valence-corrected chi connectivity index (χ4v) is 3.51. The lowest BCUT2D eigenvalue weighted by Gasteiger charge is -2.32. The highest BCUT2D eigenvalue weighted by Gasteiger charge is 2.25. The van der Waals surface area contributed by atoms with Gasteiger partial charge in [0.05, 0.1) is 13.0 Å². The molecule has 0 aliphatic carbocycles. The fraction of sp³-hybridized carbons (Fsp3) is 0.381. The van der Waals surface area contributed by atoms with E-state index >= 15 is 0 Å². The molecule has 0 bridgehead atoms. The van der Waals surface area contributed by atoms with Crippen molar-refractivity contribution in [3.8, 4) is 11.1 Å². The molecule has 1 saturated heterocycles. The van der Waals surface area contributed by atoms with Crippen LogP contribution < -0.4 is 4.90 Å². The maximum atomic E-state index is 12.5. The van der Waals surface area contributed by atoms with Gasteiger partial charge in [0.15, 0.2) is 5.78 Å². The molecule has 3 nitrogen and oxygen atoms in total. The predicted octanol–water partition coefficient (Wildman–Crippen LogP) is 2.62. The van der Waals surface area contributed by atoms with Crippen LogP contribution in [0.2, 0.25) is 0 Å². The van der Waals surface area contributed by atoms with E-state index in [4.69, 9.17) is 4.74 Å². The van der Waals surface area contributed by atoms with Crippen molar-refractivity contribution < 1.29 is 14.4 Å². The molecular weight excluding hydrogens is 298 g/mol. The molecule has 3 rings (SSSR count). The first kappa shape index (κ1) is 16.9. The number of carbonyl (C=O) groups excluding carboxylic acids is 1. The summed E-state index contributed by atoms with van der Waals surface area (Å²) in [5, 5.41) is 0. The van der Waals surface area contributed by atoms with Gasteiger partial charge in [-0.1, -0.05) is 54.6 Å². The fourth-order valence-electron chi connectivity index (χ4n) is 3.51. The average molecular weight is 324 g/mol. The van der Waals surface area contributed by atoms with Crippen LogP contribution in [0.5, 0.6) is 0 Å². The Morgan fingerprint density at radius 1 is 0.958 bits per heavy atom. The molecule has 0 amide bonds. The number of hydrogen-bond acceptors (Lipinski definition) is 2. The second-order valence-corrected chi connectivity index (χ2v) is 6.78. The van der Waals surface area contributed by atoms with E-state index in [0.717, 1.165) is 30.8 Å². The Hall–Kier alpha value is -1.97. The summed E-state index contributed by atoms with van der Waals surface area (Å²) < 4.78 is 5.76. The van der Waals surface area contributed by atoms with Crippen LogP contribution in [-0.4, -0.2) is 37.6 Å². The molecule has 0 unspecified atom stereocenters. The standard InChI is InChI=1S/C21H25NO2/c1-16-14-22(15-17(2)24-16)13-12-21(23)20-10-8-19(9-11-20)18-6-4-3-5-7-18/h3-11,16-17H,12-15H2,1-2H3/p+1/t16-,17-/m0/s1. The molecule has 1 fully saturated rings. The summed E-state index contributed by atoms with van der Waals surface area (Å²) in [6, 6.07) is 18.2. The largest absolute Gasteiger partial charge is 0.364 e. The number of quaternary nitrogens is 1. The van der Waals surface area contributed by atoms with E-state index < -0.39 is 0 Å². The Bertz CT molecular complexity index is 656. The third-order valence-electron chi connectivity index (χ3n) is 4.64. The average Bonchev–Trinajstić information content (AvgIpc) is 2.60. The van der Waals surface area contributed by atoms with E-state index in [1.807, 2.05) is 42.5 Å². The van der Waals surface area contributed by atoms with Crippen molar-refractivity contribution in [2.24, 2.45) is 0 Å². The van der Waals surface area contributed by atoms with Gasteiger partial charge in [-0.15, -0.1) is 0 Å². The number of benzene rings is 2. The zero-order valence-electron chi connectivity index (χ0n) is 14.5. The van der Waals surface area contributed by atoms with E-state index in [1.54, 1.807) is 0 Å². The van der Waals surface area contributed by atoms with E-state index in [9.17, 15) is 4.79 Å². The first-order valence-electron chi connectivity index (χ1n) is 8.79. The van der Waals surface area contributed by atoms with Crippen LogP contribution in [0.1, 0.15) is 30.6 Å². The number of ketones is 1.